The molecule has 2 heterocycles. The van der Waals surface area contributed by atoms with Gasteiger partial charge in [0, 0.05) is 38.3 Å². The molecule has 0 saturated carbocycles. The Kier molecular flexibility index (Phi) is 5.74. The number of carbonyl (C=O) groups excluding carboxylic acids is 1. The summed E-state index contributed by atoms with van der Waals surface area (Å²) in [5, 5.41) is 0. The number of hydrogen-bond donors (Lipinski definition) is 0. The third kappa shape index (κ3) is 4.59. The number of nitrogens with zero attached hydrogens (tertiary/aromatic N) is 2. The number of hydrogen-bond acceptors (Lipinski definition) is 3. The zero-order chi connectivity index (χ0) is 18.0. The summed E-state index contributed by atoms with van der Waals surface area (Å²) >= 11 is 0. The zero-order valence-electron chi connectivity index (χ0n) is 15.5. The van der Waals surface area contributed by atoms with Crippen LogP contribution in [0.1, 0.15) is 42.6 Å². The maximum Gasteiger partial charge on any atom is 0.253 e. The van der Waals surface area contributed by atoms with Gasteiger partial charge in [-0.2, -0.15) is 0 Å². The van der Waals surface area contributed by atoms with Crippen LogP contribution in [0, 0.1) is 18.7 Å². The number of aryl methyl sites for hydroxylation is 1. The van der Waals surface area contributed by atoms with E-state index < -0.39 is 0 Å². The normalized spacial score (nSPS) is 26.0. The van der Waals surface area contributed by atoms with Gasteiger partial charge in [0.2, 0.25) is 0 Å². The molecule has 1 amide bonds. The predicted molar refractivity (Wildman–Crippen MR) is 96.2 cm³/mol. The molecule has 2 aliphatic heterocycles. The second kappa shape index (κ2) is 7.83. The molecule has 0 bridgehead atoms. The quantitative estimate of drug-likeness (QED) is 0.841. The number of halogens is 1. The second-order valence-electron chi connectivity index (χ2n) is 7.68. The number of benzene rings is 1. The van der Waals surface area contributed by atoms with Crippen LogP contribution in [0.25, 0.3) is 0 Å². The maximum atomic E-state index is 13.7. The molecule has 5 heteroatoms. The van der Waals surface area contributed by atoms with Crippen LogP contribution >= 0.6 is 0 Å². The first-order chi connectivity index (χ1) is 11.9. The average Bonchev–Trinajstić information content (AvgIpc) is 2.56. The Balaban J connectivity index is 1.51. The van der Waals surface area contributed by atoms with Crippen LogP contribution < -0.4 is 0 Å². The molecule has 4 nitrogen and oxygen atoms in total. The van der Waals surface area contributed by atoms with E-state index in [1.54, 1.807) is 19.1 Å². The lowest BCUT2D eigenvalue weighted by molar-refractivity contribution is -0.0728. The number of likely N-dealkylation sites (tertiary alicyclic amines) is 1. The number of piperidine rings is 1. The Bertz CT molecular complexity index is 604. The van der Waals surface area contributed by atoms with E-state index in [-0.39, 0.29) is 11.7 Å². The molecule has 2 saturated heterocycles. The van der Waals surface area contributed by atoms with Crippen LogP contribution in [0.2, 0.25) is 0 Å². The van der Waals surface area contributed by atoms with Crippen molar-refractivity contribution >= 4 is 5.91 Å². The third-order valence-corrected chi connectivity index (χ3v) is 5.33. The minimum Gasteiger partial charge on any atom is -0.373 e. The van der Waals surface area contributed by atoms with E-state index in [4.69, 9.17) is 4.74 Å². The summed E-state index contributed by atoms with van der Waals surface area (Å²) in [5.41, 5.74) is 1.03. The van der Waals surface area contributed by atoms with Gasteiger partial charge in [-0.1, -0.05) is 6.07 Å². The highest BCUT2D eigenvalue weighted by Gasteiger charge is 2.28. The molecule has 2 atom stereocenters. The van der Waals surface area contributed by atoms with Crippen molar-refractivity contribution in [1.82, 2.24) is 9.80 Å². The summed E-state index contributed by atoms with van der Waals surface area (Å²) in [6.45, 7) is 10.6. The molecule has 0 spiro atoms. The Hall–Kier alpha value is -1.46. The Morgan fingerprint density at radius 3 is 2.44 bits per heavy atom. The number of ether oxygens (including phenoxy) is 1. The van der Waals surface area contributed by atoms with E-state index in [2.05, 4.69) is 18.7 Å². The summed E-state index contributed by atoms with van der Waals surface area (Å²) in [5.74, 6) is 0.263. The second-order valence-corrected chi connectivity index (χ2v) is 7.68. The first-order valence-electron chi connectivity index (χ1n) is 9.35. The zero-order valence-corrected chi connectivity index (χ0v) is 15.5. The van der Waals surface area contributed by atoms with Crippen molar-refractivity contribution in [3.8, 4) is 0 Å². The van der Waals surface area contributed by atoms with E-state index in [9.17, 15) is 9.18 Å². The summed E-state index contributed by atoms with van der Waals surface area (Å²) in [7, 11) is 0. The van der Waals surface area contributed by atoms with Gasteiger partial charge in [0.05, 0.1) is 12.2 Å². The number of rotatable bonds is 3. The van der Waals surface area contributed by atoms with Gasteiger partial charge in [0.25, 0.3) is 5.91 Å². The molecular formula is C20H29FN2O2. The molecule has 0 unspecified atom stereocenters. The number of amides is 1. The van der Waals surface area contributed by atoms with Gasteiger partial charge in [0.1, 0.15) is 5.82 Å². The monoisotopic (exact) mass is 348 g/mol. The van der Waals surface area contributed by atoms with Crippen molar-refractivity contribution in [2.45, 2.75) is 45.8 Å². The van der Waals surface area contributed by atoms with E-state index in [0.29, 0.717) is 29.3 Å². The molecule has 2 fully saturated rings. The van der Waals surface area contributed by atoms with Gasteiger partial charge >= 0.3 is 0 Å². The van der Waals surface area contributed by atoms with E-state index in [0.717, 1.165) is 45.6 Å². The minimum absolute atomic E-state index is 0.0500. The van der Waals surface area contributed by atoms with Crippen LogP contribution in [0.5, 0.6) is 0 Å². The van der Waals surface area contributed by atoms with Crippen LogP contribution in [-0.4, -0.2) is 60.6 Å². The summed E-state index contributed by atoms with van der Waals surface area (Å²) in [6, 6.07) is 4.76. The molecule has 0 aliphatic carbocycles. The molecule has 0 N–H and O–H groups in total. The fraction of sp³-hybridized carbons (Fsp3) is 0.650. The van der Waals surface area contributed by atoms with Gasteiger partial charge < -0.3 is 9.64 Å². The van der Waals surface area contributed by atoms with E-state index in [1.807, 2.05) is 4.90 Å². The average molecular weight is 348 g/mol. The molecule has 0 radical (unpaired) electrons. The molecule has 1 aromatic rings. The van der Waals surface area contributed by atoms with E-state index >= 15 is 0 Å². The molecule has 25 heavy (non-hydrogen) atoms. The van der Waals surface area contributed by atoms with Crippen LogP contribution in [0.15, 0.2) is 18.2 Å². The fourth-order valence-corrected chi connectivity index (χ4v) is 4.03. The third-order valence-electron chi connectivity index (χ3n) is 5.33. The van der Waals surface area contributed by atoms with Crippen molar-refractivity contribution in [2.24, 2.45) is 5.92 Å². The predicted octanol–water partition coefficient (Wildman–Crippen LogP) is 3.10. The van der Waals surface area contributed by atoms with Crippen molar-refractivity contribution < 1.29 is 13.9 Å². The number of carbonyl (C=O) groups is 1. The lowest BCUT2D eigenvalue weighted by atomic mass is 9.95. The molecule has 1 aromatic carbocycles. The van der Waals surface area contributed by atoms with Gasteiger partial charge in [-0.3, -0.25) is 9.69 Å². The van der Waals surface area contributed by atoms with Gasteiger partial charge in [-0.25, -0.2) is 4.39 Å². The Morgan fingerprint density at radius 1 is 1.20 bits per heavy atom. The van der Waals surface area contributed by atoms with Gasteiger partial charge in [-0.15, -0.1) is 0 Å². The van der Waals surface area contributed by atoms with Gasteiger partial charge in [0.15, 0.2) is 0 Å². The first-order valence-corrected chi connectivity index (χ1v) is 9.35. The molecule has 3 rings (SSSR count). The van der Waals surface area contributed by atoms with Crippen molar-refractivity contribution in [3.05, 3.63) is 35.1 Å². The molecule has 0 aromatic heterocycles. The van der Waals surface area contributed by atoms with E-state index in [1.165, 1.54) is 6.07 Å². The van der Waals surface area contributed by atoms with Crippen molar-refractivity contribution in [1.29, 1.82) is 0 Å². The topological polar surface area (TPSA) is 32.8 Å². The van der Waals surface area contributed by atoms with Gasteiger partial charge in [-0.05, 0) is 57.2 Å². The number of morpholine rings is 1. The van der Waals surface area contributed by atoms with Crippen molar-refractivity contribution in [3.63, 3.8) is 0 Å². The SMILES string of the molecule is Cc1ccc(C(=O)N2CCC(CN3C[C@@H](C)O[C@H](C)C3)CC2)cc1F. The minimum atomic E-state index is -0.309. The van der Waals surface area contributed by atoms with Crippen LogP contribution in [0.3, 0.4) is 0 Å². The lowest BCUT2D eigenvalue weighted by Crippen LogP contribution is -2.48. The molecule has 138 valence electrons. The van der Waals surface area contributed by atoms with Crippen LogP contribution in [0.4, 0.5) is 4.39 Å². The molecular weight excluding hydrogens is 319 g/mol. The van der Waals surface area contributed by atoms with Crippen molar-refractivity contribution in [2.75, 3.05) is 32.7 Å². The smallest absolute Gasteiger partial charge is 0.253 e. The standard InChI is InChI=1S/C20H29FN2O2/c1-14-4-5-18(10-19(14)21)20(24)23-8-6-17(7-9-23)13-22-11-15(2)25-16(3)12-22/h4-5,10,15-17H,6-9,11-13H2,1-3H3/t15-,16-/m1/s1. The highest BCUT2D eigenvalue weighted by molar-refractivity contribution is 5.94. The van der Waals surface area contributed by atoms with Crippen LogP contribution in [-0.2, 0) is 4.74 Å². The Labute approximate surface area is 149 Å². The fourth-order valence-electron chi connectivity index (χ4n) is 4.03. The lowest BCUT2D eigenvalue weighted by Gasteiger charge is -2.39. The summed E-state index contributed by atoms with van der Waals surface area (Å²) in [4.78, 5) is 16.9. The maximum absolute atomic E-state index is 13.7. The largest absolute Gasteiger partial charge is 0.373 e. The summed E-state index contributed by atoms with van der Waals surface area (Å²) < 4.78 is 19.5. The first kappa shape index (κ1) is 18.3. The highest BCUT2D eigenvalue weighted by atomic mass is 19.1. The summed E-state index contributed by atoms with van der Waals surface area (Å²) in [6.07, 6.45) is 2.61. The highest BCUT2D eigenvalue weighted by Crippen LogP contribution is 2.22. The molecule has 2 aliphatic rings. The Morgan fingerprint density at radius 2 is 1.84 bits per heavy atom.